The molecule has 0 spiro atoms. The normalized spacial score (nSPS) is 21.0. The Labute approximate surface area is 181 Å². The number of hydrogen-bond donors (Lipinski definition) is 2. The fourth-order valence-corrected chi connectivity index (χ4v) is 4.40. The molecular formula is C24H26N4O3. The van der Waals surface area contributed by atoms with E-state index in [-0.39, 0.29) is 23.8 Å². The number of nitrogens with one attached hydrogen (secondary N) is 1. The van der Waals surface area contributed by atoms with Crippen LogP contribution in [0.15, 0.2) is 42.5 Å². The number of phenolic OH excluding ortho intramolecular Hbond substituents is 1. The van der Waals surface area contributed by atoms with Crippen molar-refractivity contribution in [3.05, 3.63) is 48.0 Å². The molecule has 0 saturated carbocycles. The quantitative estimate of drug-likeness (QED) is 0.677. The number of anilines is 1. The van der Waals surface area contributed by atoms with Gasteiger partial charge in [-0.3, -0.25) is 4.79 Å². The summed E-state index contributed by atoms with van der Waals surface area (Å²) < 4.78 is 5.51. The van der Waals surface area contributed by atoms with Crippen LogP contribution in [0.3, 0.4) is 0 Å². The first-order chi connectivity index (χ1) is 15.1. The Balaban J connectivity index is 1.46. The van der Waals surface area contributed by atoms with Crippen LogP contribution in [0, 0.1) is 6.92 Å². The van der Waals surface area contributed by atoms with Crippen molar-refractivity contribution < 1.29 is 14.6 Å². The van der Waals surface area contributed by atoms with Gasteiger partial charge >= 0.3 is 0 Å². The maximum atomic E-state index is 12.5. The molecule has 1 aromatic heterocycles. The first-order valence-corrected chi connectivity index (χ1v) is 10.8. The van der Waals surface area contributed by atoms with Crippen LogP contribution in [0.2, 0.25) is 0 Å². The maximum absolute atomic E-state index is 12.5. The number of benzene rings is 2. The lowest BCUT2D eigenvalue weighted by atomic mass is 10.1. The van der Waals surface area contributed by atoms with Gasteiger partial charge in [0, 0.05) is 31.1 Å². The third kappa shape index (κ3) is 3.93. The van der Waals surface area contributed by atoms with Crippen LogP contribution in [0.5, 0.6) is 5.75 Å². The van der Waals surface area contributed by atoms with Crippen LogP contribution in [-0.4, -0.2) is 52.8 Å². The van der Waals surface area contributed by atoms with E-state index in [1.165, 1.54) is 0 Å². The summed E-state index contributed by atoms with van der Waals surface area (Å²) in [6, 6.07) is 13.3. The Hall–Kier alpha value is -3.19. The summed E-state index contributed by atoms with van der Waals surface area (Å²) in [5.41, 5.74) is 2.56. The van der Waals surface area contributed by atoms with Crippen molar-refractivity contribution in [1.82, 2.24) is 15.3 Å². The van der Waals surface area contributed by atoms with E-state index in [4.69, 9.17) is 14.7 Å². The second-order valence-corrected chi connectivity index (χ2v) is 8.35. The fraction of sp³-hybridized carbons (Fsp3) is 0.375. The molecule has 3 aromatic rings. The topological polar surface area (TPSA) is 87.6 Å². The molecule has 7 heteroatoms. The van der Waals surface area contributed by atoms with Crippen LogP contribution < -0.4 is 10.2 Å². The Morgan fingerprint density at radius 1 is 1.19 bits per heavy atom. The largest absolute Gasteiger partial charge is 0.507 e. The van der Waals surface area contributed by atoms with Crippen LogP contribution in [-0.2, 0) is 9.53 Å². The highest BCUT2D eigenvalue weighted by molar-refractivity contribution is 5.92. The predicted molar refractivity (Wildman–Crippen MR) is 119 cm³/mol. The Kier molecular flexibility index (Phi) is 5.19. The summed E-state index contributed by atoms with van der Waals surface area (Å²) in [4.78, 5) is 24.2. The van der Waals surface area contributed by atoms with E-state index in [0.29, 0.717) is 24.5 Å². The first kappa shape index (κ1) is 19.8. The molecule has 3 heterocycles. The van der Waals surface area contributed by atoms with Crippen molar-refractivity contribution in [3.8, 4) is 17.1 Å². The molecule has 0 radical (unpaired) electrons. The van der Waals surface area contributed by atoms with Gasteiger partial charge in [0.1, 0.15) is 17.7 Å². The minimum absolute atomic E-state index is 0.0117. The number of aryl methyl sites for hydroxylation is 1. The zero-order valence-electron chi connectivity index (χ0n) is 17.5. The number of rotatable bonds is 4. The number of amides is 1. The summed E-state index contributed by atoms with van der Waals surface area (Å²) in [5.74, 6) is 1.47. The van der Waals surface area contributed by atoms with Gasteiger partial charge in [-0.05, 0) is 56.0 Å². The van der Waals surface area contributed by atoms with Gasteiger partial charge in [-0.15, -0.1) is 0 Å². The molecule has 2 aliphatic rings. The average Bonchev–Trinajstić information content (AvgIpc) is 3.45. The van der Waals surface area contributed by atoms with Gasteiger partial charge in [-0.1, -0.05) is 18.2 Å². The van der Waals surface area contributed by atoms with Crippen LogP contribution in [0.25, 0.3) is 22.3 Å². The lowest BCUT2D eigenvalue weighted by Crippen LogP contribution is -2.42. The Bertz CT molecular complexity index is 1130. The molecule has 31 heavy (non-hydrogen) atoms. The van der Waals surface area contributed by atoms with Crippen molar-refractivity contribution in [1.29, 1.82) is 0 Å². The zero-order chi connectivity index (χ0) is 21.4. The minimum atomic E-state index is -0.315. The smallest absolute Gasteiger partial charge is 0.249 e. The molecule has 0 aliphatic carbocycles. The molecule has 1 amide bonds. The SMILES string of the molecule is Cc1ccc2c(N3CC[C@@H](NC(=O)[C@H]4CCCO4)C3)nc(-c3ccccc3O)nc2c1. The van der Waals surface area contributed by atoms with Crippen molar-refractivity contribution in [2.75, 3.05) is 24.6 Å². The molecule has 160 valence electrons. The first-order valence-electron chi connectivity index (χ1n) is 10.8. The number of aromatic hydroxyl groups is 1. The molecule has 2 N–H and O–H groups in total. The van der Waals surface area contributed by atoms with Crippen molar-refractivity contribution in [2.24, 2.45) is 0 Å². The lowest BCUT2D eigenvalue weighted by molar-refractivity contribution is -0.130. The molecule has 5 rings (SSSR count). The van der Waals surface area contributed by atoms with Gasteiger partial charge in [0.2, 0.25) is 5.91 Å². The van der Waals surface area contributed by atoms with Gasteiger partial charge in [0.05, 0.1) is 11.1 Å². The predicted octanol–water partition coefficient (Wildman–Crippen LogP) is 3.18. The van der Waals surface area contributed by atoms with E-state index in [9.17, 15) is 9.90 Å². The van der Waals surface area contributed by atoms with Crippen molar-refractivity contribution >= 4 is 22.6 Å². The van der Waals surface area contributed by atoms with Crippen molar-refractivity contribution in [3.63, 3.8) is 0 Å². The van der Waals surface area contributed by atoms with Crippen LogP contribution in [0.4, 0.5) is 5.82 Å². The number of ether oxygens (including phenoxy) is 1. The van der Waals surface area contributed by atoms with Gasteiger partial charge in [0.25, 0.3) is 0 Å². The van der Waals surface area contributed by atoms with Crippen LogP contribution >= 0.6 is 0 Å². The summed E-state index contributed by atoms with van der Waals surface area (Å²) in [6.07, 6.45) is 2.27. The minimum Gasteiger partial charge on any atom is -0.507 e. The second-order valence-electron chi connectivity index (χ2n) is 8.35. The molecule has 0 bridgehead atoms. The van der Waals surface area contributed by atoms with Gasteiger partial charge in [0.15, 0.2) is 5.82 Å². The van der Waals surface area contributed by atoms with E-state index in [0.717, 1.165) is 48.1 Å². The highest BCUT2D eigenvalue weighted by atomic mass is 16.5. The highest BCUT2D eigenvalue weighted by Crippen LogP contribution is 2.33. The van der Waals surface area contributed by atoms with Gasteiger partial charge in [-0.2, -0.15) is 0 Å². The van der Waals surface area contributed by atoms with E-state index >= 15 is 0 Å². The molecule has 2 aliphatic heterocycles. The number of phenols is 1. The molecule has 2 saturated heterocycles. The fourth-order valence-electron chi connectivity index (χ4n) is 4.40. The van der Waals surface area contributed by atoms with Crippen LogP contribution in [0.1, 0.15) is 24.8 Å². The number of carbonyl (C=O) groups is 1. The standard InChI is InChI=1S/C24H26N4O3/c1-15-8-9-17-19(13-15)26-22(18-5-2-3-6-20(18)29)27-23(17)28-11-10-16(14-28)25-24(30)21-7-4-12-31-21/h2-3,5-6,8-9,13,16,21,29H,4,7,10-12,14H2,1H3,(H,25,30)/t16-,21-/m1/s1. The van der Waals surface area contributed by atoms with Gasteiger partial charge in [-0.25, -0.2) is 9.97 Å². The third-order valence-corrected chi connectivity index (χ3v) is 6.03. The number of fused-ring (bicyclic) bond motifs is 1. The summed E-state index contributed by atoms with van der Waals surface area (Å²) in [7, 11) is 0. The lowest BCUT2D eigenvalue weighted by Gasteiger charge is -2.21. The molecule has 2 aromatic carbocycles. The number of hydrogen-bond acceptors (Lipinski definition) is 6. The van der Waals surface area contributed by atoms with E-state index in [1.807, 2.05) is 31.2 Å². The average molecular weight is 418 g/mol. The van der Waals surface area contributed by atoms with E-state index in [1.54, 1.807) is 12.1 Å². The van der Waals surface area contributed by atoms with Gasteiger partial charge < -0.3 is 20.1 Å². The van der Waals surface area contributed by atoms with E-state index < -0.39 is 0 Å². The Morgan fingerprint density at radius 2 is 2.06 bits per heavy atom. The third-order valence-electron chi connectivity index (χ3n) is 6.03. The summed E-state index contributed by atoms with van der Waals surface area (Å²) in [6.45, 7) is 4.17. The molecule has 2 fully saturated rings. The molecule has 2 atom stereocenters. The zero-order valence-corrected chi connectivity index (χ0v) is 17.5. The number of para-hydroxylation sites is 1. The summed E-state index contributed by atoms with van der Waals surface area (Å²) in [5, 5.41) is 14.5. The van der Waals surface area contributed by atoms with E-state index in [2.05, 4.69) is 16.3 Å². The Morgan fingerprint density at radius 3 is 2.87 bits per heavy atom. The number of carbonyl (C=O) groups excluding carboxylic acids is 1. The number of aromatic nitrogens is 2. The van der Waals surface area contributed by atoms with Crippen molar-refractivity contribution in [2.45, 2.75) is 38.3 Å². The number of nitrogens with zero attached hydrogens (tertiary/aromatic N) is 3. The monoisotopic (exact) mass is 418 g/mol. The summed E-state index contributed by atoms with van der Waals surface area (Å²) >= 11 is 0. The molecular weight excluding hydrogens is 392 g/mol. The molecule has 7 nitrogen and oxygen atoms in total. The maximum Gasteiger partial charge on any atom is 0.249 e. The molecule has 0 unspecified atom stereocenters. The second kappa shape index (κ2) is 8.15. The highest BCUT2D eigenvalue weighted by Gasteiger charge is 2.30.